The highest BCUT2D eigenvalue weighted by Gasteiger charge is 2.16. The third-order valence-electron chi connectivity index (χ3n) is 4.27. The summed E-state index contributed by atoms with van der Waals surface area (Å²) in [7, 11) is 1.60. The number of carbonyl (C=O) groups excluding carboxylic acids is 2. The number of fused-ring (bicyclic) bond motifs is 1. The van der Waals surface area contributed by atoms with Crippen LogP contribution in [0.5, 0.6) is 5.75 Å². The molecule has 144 valence electrons. The van der Waals surface area contributed by atoms with Gasteiger partial charge in [0.15, 0.2) is 5.13 Å². The SMILES string of the molecule is COc1ccc2nc(NC(=O)c3ccccc3NC(=O)c3ccccc3)sc2c1. The van der Waals surface area contributed by atoms with Crippen LogP contribution in [-0.4, -0.2) is 23.9 Å². The number of rotatable bonds is 5. The lowest BCUT2D eigenvalue weighted by molar-refractivity contribution is 0.102. The molecule has 0 saturated carbocycles. The number of para-hydroxylation sites is 1. The molecule has 0 atom stereocenters. The highest BCUT2D eigenvalue weighted by Crippen LogP contribution is 2.29. The second kappa shape index (κ2) is 8.12. The second-order valence-corrected chi connectivity index (χ2v) is 7.20. The summed E-state index contributed by atoms with van der Waals surface area (Å²) in [5.74, 6) is 0.103. The number of amides is 2. The van der Waals surface area contributed by atoms with E-state index >= 15 is 0 Å². The normalized spacial score (nSPS) is 10.5. The predicted molar refractivity (Wildman–Crippen MR) is 115 cm³/mol. The fourth-order valence-corrected chi connectivity index (χ4v) is 3.71. The second-order valence-electron chi connectivity index (χ2n) is 6.17. The Hall–Kier alpha value is -3.71. The molecular weight excluding hydrogens is 386 g/mol. The number of thiazole rings is 1. The number of ether oxygens (including phenoxy) is 1. The van der Waals surface area contributed by atoms with Gasteiger partial charge in [0.2, 0.25) is 0 Å². The van der Waals surface area contributed by atoms with Crippen molar-refractivity contribution in [1.29, 1.82) is 0 Å². The predicted octanol–water partition coefficient (Wildman–Crippen LogP) is 4.81. The maximum Gasteiger partial charge on any atom is 0.259 e. The summed E-state index contributed by atoms with van der Waals surface area (Å²) >= 11 is 1.36. The van der Waals surface area contributed by atoms with Crippen molar-refractivity contribution in [3.8, 4) is 5.75 Å². The van der Waals surface area contributed by atoms with Crippen LogP contribution in [0.2, 0.25) is 0 Å². The molecular formula is C22H17N3O3S. The molecule has 0 bridgehead atoms. The van der Waals surface area contributed by atoms with Crippen molar-refractivity contribution in [3.05, 3.63) is 83.9 Å². The molecule has 0 aliphatic carbocycles. The largest absolute Gasteiger partial charge is 0.497 e. The minimum atomic E-state index is -0.347. The number of hydrogen-bond acceptors (Lipinski definition) is 5. The van der Waals surface area contributed by atoms with Crippen LogP contribution < -0.4 is 15.4 Å². The molecule has 0 spiro atoms. The van der Waals surface area contributed by atoms with Crippen molar-refractivity contribution in [1.82, 2.24) is 4.98 Å². The lowest BCUT2D eigenvalue weighted by Gasteiger charge is -2.10. The number of carbonyl (C=O) groups is 2. The maximum absolute atomic E-state index is 12.8. The van der Waals surface area contributed by atoms with Gasteiger partial charge in [-0.15, -0.1) is 0 Å². The van der Waals surface area contributed by atoms with E-state index in [1.165, 1.54) is 11.3 Å². The Morgan fingerprint density at radius 1 is 0.897 bits per heavy atom. The van der Waals surface area contributed by atoms with E-state index in [0.29, 0.717) is 21.9 Å². The summed E-state index contributed by atoms with van der Waals surface area (Å²) in [5, 5.41) is 6.09. The third-order valence-corrected chi connectivity index (χ3v) is 5.21. The smallest absolute Gasteiger partial charge is 0.259 e. The van der Waals surface area contributed by atoms with Gasteiger partial charge in [-0.25, -0.2) is 4.98 Å². The molecule has 6 nitrogen and oxygen atoms in total. The fraction of sp³-hybridized carbons (Fsp3) is 0.0455. The summed E-state index contributed by atoms with van der Waals surface area (Å²) in [6.45, 7) is 0. The number of hydrogen-bond donors (Lipinski definition) is 2. The maximum atomic E-state index is 12.8. The monoisotopic (exact) mass is 403 g/mol. The van der Waals surface area contributed by atoms with Gasteiger partial charge in [0.25, 0.3) is 11.8 Å². The van der Waals surface area contributed by atoms with Gasteiger partial charge in [0.05, 0.1) is 28.6 Å². The van der Waals surface area contributed by atoms with Crippen LogP contribution in [0, 0.1) is 0 Å². The zero-order chi connectivity index (χ0) is 20.2. The van der Waals surface area contributed by atoms with E-state index in [9.17, 15) is 9.59 Å². The Morgan fingerprint density at radius 2 is 1.66 bits per heavy atom. The van der Waals surface area contributed by atoms with Gasteiger partial charge in [-0.3, -0.25) is 14.9 Å². The molecule has 29 heavy (non-hydrogen) atoms. The van der Waals surface area contributed by atoms with E-state index in [1.807, 2.05) is 24.3 Å². The topological polar surface area (TPSA) is 80.3 Å². The number of aromatic nitrogens is 1. The van der Waals surface area contributed by atoms with Crippen molar-refractivity contribution in [2.24, 2.45) is 0 Å². The molecule has 4 rings (SSSR count). The van der Waals surface area contributed by atoms with E-state index in [2.05, 4.69) is 15.6 Å². The fourth-order valence-electron chi connectivity index (χ4n) is 2.82. The number of nitrogens with one attached hydrogen (secondary N) is 2. The molecule has 1 aromatic heterocycles. The van der Waals surface area contributed by atoms with Gasteiger partial charge in [-0.1, -0.05) is 41.7 Å². The Morgan fingerprint density at radius 3 is 2.45 bits per heavy atom. The minimum Gasteiger partial charge on any atom is -0.497 e. The molecule has 4 aromatic rings. The van der Waals surface area contributed by atoms with Crippen LogP contribution in [-0.2, 0) is 0 Å². The molecule has 1 heterocycles. The lowest BCUT2D eigenvalue weighted by atomic mass is 10.1. The average molecular weight is 403 g/mol. The first-order chi connectivity index (χ1) is 14.1. The first kappa shape index (κ1) is 18.6. The van der Waals surface area contributed by atoms with Gasteiger partial charge >= 0.3 is 0 Å². The summed E-state index contributed by atoms with van der Waals surface area (Å²) in [4.78, 5) is 29.7. The number of methoxy groups -OCH3 is 1. The van der Waals surface area contributed by atoms with Crippen LogP contribution in [0.3, 0.4) is 0 Å². The van der Waals surface area contributed by atoms with E-state index in [0.717, 1.165) is 16.0 Å². The van der Waals surface area contributed by atoms with E-state index in [4.69, 9.17) is 4.74 Å². The molecule has 0 saturated heterocycles. The van der Waals surface area contributed by atoms with Crippen LogP contribution in [0.1, 0.15) is 20.7 Å². The number of anilines is 2. The van der Waals surface area contributed by atoms with Crippen molar-refractivity contribution in [2.75, 3.05) is 17.7 Å². The van der Waals surface area contributed by atoms with Crippen molar-refractivity contribution < 1.29 is 14.3 Å². The van der Waals surface area contributed by atoms with Crippen LogP contribution in [0.25, 0.3) is 10.2 Å². The molecule has 7 heteroatoms. The Balaban J connectivity index is 1.55. The summed E-state index contributed by atoms with van der Waals surface area (Å²) < 4.78 is 6.13. The van der Waals surface area contributed by atoms with Gasteiger partial charge in [-0.05, 0) is 42.5 Å². The van der Waals surface area contributed by atoms with Crippen LogP contribution in [0.15, 0.2) is 72.8 Å². The summed E-state index contributed by atoms with van der Waals surface area (Å²) in [5.41, 5.74) is 2.08. The van der Waals surface area contributed by atoms with Crippen molar-refractivity contribution >= 4 is 44.2 Å². The minimum absolute atomic E-state index is 0.280. The first-order valence-corrected chi connectivity index (χ1v) is 9.67. The first-order valence-electron chi connectivity index (χ1n) is 8.85. The Labute approximate surface area is 171 Å². The number of benzene rings is 3. The lowest BCUT2D eigenvalue weighted by Crippen LogP contribution is -2.18. The highest BCUT2D eigenvalue weighted by atomic mass is 32.1. The van der Waals surface area contributed by atoms with Gasteiger partial charge in [0, 0.05) is 5.56 Å². The molecule has 2 amide bonds. The van der Waals surface area contributed by atoms with Gasteiger partial charge < -0.3 is 10.1 Å². The Kier molecular flexibility index (Phi) is 5.22. The standard InChI is InChI=1S/C22H17N3O3S/c1-28-15-11-12-18-19(13-15)29-22(24-18)25-21(27)16-9-5-6-10-17(16)23-20(26)14-7-3-2-4-8-14/h2-13H,1H3,(H,23,26)(H,24,25,27). The molecule has 0 aliphatic rings. The molecule has 0 unspecified atom stereocenters. The van der Waals surface area contributed by atoms with Crippen molar-refractivity contribution in [2.45, 2.75) is 0 Å². The average Bonchev–Trinajstić information content (AvgIpc) is 3.15. The highest BCUT2D eigenvalue weighted by molar-refractivity contribution is 7.22. The Bertz CT molecular complexity index is 1190. The quantitative estimate of drug-likeness (QED) is 0.501. The van der Waals surface area contributed by atoms with E-state index in [1.54, 1.807) is 55.6 Å². The zero-order valence-electron chi connectivity index (χ0n) is 15.5. The molecule has 0 radical (unpaired) electrons. The molecule has 3 aromatic carbocycles. The van der Waals surface area contributed by atoms with Gasteiger partial charge in [0.1, 0.15) is 5.75 Å². The molecule has 0 fully saturated rings. The number of nitrogens with zero attached hydrogens (tertiary/aromatic N) is 1. The van der Waals surface area contributed by atoms with Crippen LogP contribution in [0.4, 0.5) is 10.8 Å². The van der Waals surface area contributed by atoms with Crippen molar-refractivity contribution in [3.63, 3.8) is 0 Å². The van der Waals surface area contributed by atoms with E-state index in [-0.39, 0.29) is 11.8 Å². The zero-order valence-corrected chi connectivity index (χ0v) is 16.3. The van der Waals surface area contributed by atoms with Crippen LogP contribution >= 0.6 is 11.3 Å². The van der Waals surface area contributed by atoms with Gasteiger partial charge in [-0.2, -0.15) is 0 Å². The molecule has 0 aliphatic heterocycles. The molecule has 2 N–H and O–H groups in total. The third kappa shape index (κ3) is 4.09. The van der Waals surface area contributed by atoms with E-state index < -0.39 is 0 Å². The summed E-state index contributed by atoms with van der Waals surface area (Å²) in [6.07, 6.45) is 0. The summed E-state index contributed by atoms with van der Waals surface area (Å²) in [6, 6.07) is 21.2.